The molecule has 0 fully saturated rings. The molecule has 0 aliphatic carbocycles. The molecule has 0 N–H and O–H groups in total. The molecule has 0 amide bonds. The Morgan fingerprint density at radius 3 is 2.69 bits per heavy atom. The standard InChI is InChI=1S/C18H13FN2O4S/c1-10(16(22)11-2-5-13(19)6-3-11)26-18-21-20-17(25-18)12-4-7-14-15(8-12)24-9-23-14/h2-8,10H,9H2,1H3/t10-/m0/s1. The van der Waals surface area contributed by atoms with Gasteiger partial charge in [-0.2, -0.15) is 0 Å². The van der Waals surface area contributed by atoms with E-state index >= 15 is 0 Å². The fourth-order valence-electron chi connectivity index (χ4n) is 2.46. The summed E-state index contributed by atoms with van der Waals surface area (Å²) in [5.41, 5.74) is 1.13. The first kappa shape index (κ1) is 16.6. The normalized spacial score (nSPS) is 13.6. The van der Waals surface area contributed by atoms with Gasteiger partial charge in [-0.05, 0) is 49.4 Å². The van der Waals surface area contributed by atoms with Crippen LogP contribution in [0.5, 0.6) is 11.5 Å². The first-order valence-electron chi connectivity index (χ1n) is 7.80. The van der Waals surface area contributed by atoms with Gasteiger partial charge in [0.05, 0.1) is 5.25 Å². The zero-order valence-electron chi connectivity index (χ0n) is 13.6. The number of ketones is 1. The topological polar surface area (TPSA) is 74.5 Å². The van der Waals surface area contributed by atoms with Crippen LogP contribution in [0.15, 0.2) is 52.1 Å². The first-order chi connectivity index (χ1) is 12.6. The van der Waals surface area contributed by atoms with Crippen molar-refractivity contribution in [3.05, 3.63) is 53.8 Å². The molecule has 0 spiro atoms. The van der Waals surface area contributed by atoms with Crippen LogP contribution in [0, 0.1) is 5.82 Å². The Morgan fingerprint density at radius 2 is 1.88 bits per heavy atom. The molecule has 0 radical (unpaired) electrons. The summed E-state index contributed by atoms with van der Waals surface area (Å²) in [5.74, 6) is 1.09. The third-order valence-electron chi connectivity index (χ3n) is 3.80. The third-order valence-corrected chi connectivity index (χ3v) is 4.74. The second-order valence-electron chi connectivity index (χ2n) is 5.57. The molecule has 1 aliphatic rings. The summed E-state index contributed by atoms with van der Waals surface area (Å²) in [6.45, 7) is 1.92. The van der Waals surface area contributed by atoms with Crippen molar-refractivity contribution >= 4 is 17.5 Å². The van der Waals surface area contributed by atoms with Crippen molar-refractivity contribution in [2.24, 2.45) is 0 Å². The molecule has 1 aliphatic heterocycles. The van der Waals surface area contributed by atoms with Crippen molar-refractivity contribution in [3.8, 4) is 23.0 Å². The van der Waals surface area contributed by atoms with E-state index in [9.17, 15) is 9.18 Å². The summed E-state index contributed by atoms with van der Waals surface area (Å²) in [6.07, 6.45) is 0. The fourth-order valence-corrected chi connectivity index (χ4v) is 3.22. The van der Waals surface area contributed by atoms with Gasteiger partial charge >= 0.3 is 0 Å². The van der Waals surface area contributed by atoms with E-state index in [1.807, 2.05) is 0 Å². The number of carbonyl (C=O) groups excluding carboxylic acids is 1. The lowest BCUT2D eigenvalue weighted by atomic mass is 10.1. The van der Waals surface area contributed by atoms with Crippen molar-refractivity contribution in [1.29, 1.82) is 0 Å². The quantitative estimate of drug-likeness (QED) is 0.495. The number of aromatic nitrogens is 2. The van der Waals surface area contributed by atoms with Gasteiger partial charge < -0.3 is 13.9 Å². The van der Waals surface area contributed by atoms with Crippen LogP contribution in [0.25, 0.3) is 11.5 Å². The molecule has 2 aromatic carbocycles. The molecule has 4 rings (SSSR count). The molecule has 0 unspecified atom stereocenters. The predicted octanol–water partition coefficient (Wildman–Crippen LogP) is 3.97. The molecule has 0 saturated heterocycles. The van der Waals surface area contributed by atoms with Gasteiger partial charge in [-0.3, -0.25) is 4.79 Å². The lowest BCUT2D eigenvalue weighted by Crippen LogP contribution is -2.13. The second-order valence-corrected chi connectivity index (χ2v) is 6.86. The monoisotopic (exact) mass is 372 g/mol. The molecule has 1 aromatic heterocycles. The number of nitrogens with zero attached hydrogens (tertiary/aromatic N) is 2. The predicted molar refractivity (Wildman–Crippen MR) is 91.9 cm³/mol. The number of Topliss-reactive ketones (excluding diaryl/α,β-unsaturated/α-hetero) is 1. The largest absolute Gasteiger partial charge is 0.454 e. The van der Waals surface area contributed by atoms with Crippen molar-refractivity contribution < 1.29 is 23.1 Å². The first-order valence-corrected chi connectivity index (χ1v) is 8.68. The van der Waals surface area contributed by atoms with Gasteiger partial charge in [0.2, 0.25) is 12.7 Å². The number of hydrogen-bond donors (Lipinski definition) is 0. The number of rotatable bonds is 5. The van der Waals surface area contributed by atoms with E-state index in [2.05, 4.69) is 10.2 Å². The highest BCUT2D eigenvalue weighted by Crippen LogP contribution is 2.36. The summed E-state index contributed by atoms with van der Waals surface area (Å²) in [4.78, 5) is 12.4. The highest BCUT2D eigenvalue weighted by Gasteiger charge is 2.21. The number of thioether (sulfide) groups is 1. The molecule has 26 heavy (non-hydrogen) atoms. The average Bonchev–Trinajstić information content (AvgIpc) is 3.30. The Hall–Kier alpha value is -2.87. The molecule has 3 aromatic rings. The van der Waals surface area contributed by atoms with Crippen molar-refractivity contribution in [2.45, 2.75) is 17.4 Å². The average molecular weight is 372 g/mol. The van der Waals surface area contributed by atoms with Crippen molar-refractivity contribution in [3.63, 3.8) is 0 Å². The molecular formula is C18H13FN2O4S. The van der Waals surface area contributed by atoms with Gasteiger partial charge in [-0.1, -0.05) is 11.8 Å². The van der Waals surface area contributed by atoms with E-state index in [-0.39, 0.29) is 23.6 Å². The molecular weight excluding hydrogens is 359 g/mol. The highest BCUT2D eigenvalue weighted by molar-refractivity contribution is 8.00. The SMILES string of the molecule is C[C@H](Sc1nnc(-c2ccc3c(c2)OCO3)o1)C(=O)c1ccc(F)cc1. The molecule has 0 saturated carbocycles. The van der Waals surface area contributed by atoms with E-state index in [0.717, 1.165) is 11.8 Å². The third kappa shape index (κ3) is 3.28. The number of carbonyl (C=O) groups is 1. The Kier molecular flexibility index (Phi) is 4.34. The molecule has 132 valence electrons. The maximum atomic E-state index is 13.0. The van der Waals surface area contributed by atoms with E-state index in [0.29, 0.717) is 28.5 Å². The molecule has 6 nitrogen and oxygen atoms in total. The van der Waals surface area contributed by atoms with Gasteiger partial charge in [0.15, 0.2) is 17.3 Å². The fraction of sp³-hybridized carbons (Fsp3) is 0.167. The summed E-state index contributed by atoms with van der Waals surface area (Å²) >= 11 is 1.15. The van der Waals surface area contributed by atoms with E-state index in [1.54, 1.807) is 25.1 Å². The van der Waals surface area contributed by atoms with Gasteiger partial charge in [0.25, 0.3) is 5.22 Å². The zero-order chi connectivity index (χ0) is 18.1. The van der Waals surface area contributed by atoms with Crippen LogP contribution in [0.1, 0.15) is 17.3 Å². The number of fused-ring (bicyclic) bond motifs is 1. The Morgan fingerprint density at radius 1 is 1.12 bits per heavy atom. The minimum Gasteiger partial charge on any atom is -0.454 e. The van der Waals surface area contributed by atoms with Crippen LogP contribution in [0.2, 0.25) is 0 Å². The van der Waals surface area contributed by atoms with Crippen LogP contribution in [-0.4, -0.2) is 28.0 Å². The van der Waals surface area contributed by atoms with Gasteiger partial charge in [0.1, 0.15) is 5.82 Å². The number of ether oxygens (including phenoxy) is 2. The van der Waals surface area contributed by atoms with Crippen LogP contribution in [0.4, 0.5) is 4.39 Å². The van der Waals surface area contributed by atoms with Gasteiger partial charge in [0, 0.05) is 11.1 Å². The Balaban J connectivity index is 1.48. The summed E-state index contributed by atoms with van der Waals surface area (Å²) < 4.78 is 29.2. The molecule has 0 bridgehead atoms. The van der Waals surface area contributed by atoms with E-state index in [1.165, 1.54) is 24.3 Å². The minimum absolute atomic E-state index is 0.141. The number of halogens is 1. The summed E-state index contributed by atoms with van der Waals surface area (Å²) in [5, 5.41) is 7.82. The molecule has 1 atom stereocenters. The maximum absolute atomic E-state index is 13.0. The zero-order valence-corrected chi connectivity index (χ0v) is 14.5. The van der Waals surface area contributed by atoms with Crippen LogP contribution in [0.3, 0.4) is 0 Å². The number of benzene rings is 2. The smallest absolute Gasteiger partial charge is 0.277 e. The van der Waals surface area contributed by atoms with E-state index < -0.39 is 5.25 Å². The minimum atomic E-state index is -0.453. The highest BCUT2D eigenvalue weighted by atomic mass is 32.2. The van der Waals surface area contributed by atoms with E-state index in [4.69, 9.17) is 13.9 Å². The Labute approximate surface area is 152 Å². The summed E-state index contributed by atoms with van der Waals surface area (Å²) in [6, 6.07) is 10.8. The van der Waals surface area contributed by atoms with Crippen LogP contribution >= 0.6 is 11.8 Å². The number of hydrogen-bond acceptors (Lipinski definition) is 7. The molecule has 8 heteroatoms. The lowest BCUT2D eigenvalue weighted by molar-refractivity contribution is 0.0993. The molecule has 2 heterocycles. The Bertz CT molecular complexity index is 958. The van der Waals surface area contributed by atoms with Crippen LogP contribution in [-0.2, 0) is 0 Å². The summed E-state index contributed by atoms with van der Waals surface area (Å²) in [7, 11) is 0. The van der Waals surface area contributed by atoms with Crippen molar-refractivity contribution in [1.82, 2.24) is 10.2 Å². The maximum Gasteiger partial charge on any atom is 0.277 e. The van der Waals surface area contributed by atoms with Crippen molar-refractivity contribution in [2.75, 3.05) is 6.79 Å². The van der Waals surface area contributed by atoms with Gasteiger partial charge in [-0.15, -0.1) is 10.2 Å². The van der Waals surface area contributed by atoms with Crippen LogP contribution < -0.4 is 9.47 Å². The lowest BCUT2D eigenvalue weighted by Gasteiger charge is -2.07. The van der Waals surface area contributed by atoms with Gasteiger partial charge in [-0.25, -0.2) is 4.39 Å². The second kappa shape index (κ2) is 6.80.